The van der Waals surface area contributed by atoms with E-state index in [1.54, 1.807) is 27.8 Å². The number of carbonyl (C=O) groups is 4. The highest BCUT2D eigenvalue weighted by Gasteiger charge is 2.40. The van der Waals surface area contributed by atoms with E-state index in [2.05, 4.69) is 5.32 Å². The largest absolute Gasteiger partial charge is 0.489 e. The number of ether oxygens (including phenoxy) is 2. The maximum Gasteiger partial charge on any atom is 0.255 e. The number of nitrogens with zero attached hydrogens (tertiary/aromatic N) is 2. The Morgan fingerprint density at radius 2 is 1.78 bits per heavy atom. The van der Waals surface area contributed by atoms with Crippen LogP contribution in [0.5, 0.6) is 5.75 Å². The van der Waals surface area contributed by atoms with Crippen LogP contribution < -0.4 is 10.1 Å². The Morgan fingerprint density at radius 3 is 2.51 bits per heavy atom. The quantitative estimate of drug-likeness (QED) is 0.375. The molecule has 3 aliphatic rings. The zero-order chi connectivity index (χ0) is 26.3. The molecule has 0 aromatic heterocycles. The summed E-state index contributed by atoms with van der Waals surface area (Å²) < 4.78 is 11.9. The lowest BCUT2D eigenvalue weighted by Crippen LogP contribution is -2.60. The van der Waals surface area contributed by atoms with E-state index in [4.69, 9.17) is 9.47 Å². The smallest absolute Gasteiger partial charge is 0.255 e. The van der Waals surface area contributed by atoms with E-state index >= 15 is 0 Å². The molecule has 5 rings (SSSR count). The SMILES string of the molecule is BC1CN(Cc2ccc(COc3cccc4c3CN(C3CCC(=O)NC3=O)C4=O)cc2)C(=O)C(B)(B)O1. The summed E-state index contributed by atoms with van der Waals surface area (Å²) in [4.78, 5) is 52.9. The first kappa shape index (κ1) is 25.1. The van der Waals surface area contributed by atoms with Gasteiger partial charge in [-0.2, -0.15) is 0 Å². The molecule has 0 spiro atoms. The zero-order valence-corrected chi connectivity index (χ0v) is 21.3. The number of hydrogen-bond acceptors (Lipinski definition) is 6. The molecule has 3 heterocycles. The maximum atomic E-state index is 13.0. The molecule has 37 heavy (non-hydrogen) atoms. The summed E-state index contributed by atoms with van der Waals surface area (Å²) in [5.74, 6) is -0.390. The minimum Gasteiger partial charge on any atom is -0.489 e. The highest BCUT2D eigenvalue weighted by molar-refractivity contribution is 6.50. The lowest BCUT2D eigenvalue weighted by atomic mass is 9.62. The first-order chi connectivity index (χ1) is 17.6. The van der Waals surface area contributed by atoms with Crippen molar-refractivity contribution in [2.45, 2.75) is 50.0 Å². The monoisotopic (exact) mass is 499 g/mol. The Labute approximate surface area is 218 Å². The van der Waals surface area contributed by atoms with Crippen LogP contribution in [0.25, 0.3) is 0 Å². The number of benzene rings is 2. The normalized spacial score (nSPS) is 23.1. The van der Waals surface area contributed by atoms with Gasteiger partial charge in [-0.05, 0) is 29.7 Å². The van der Waals surface area contributed by atoms with Gasteiger partial charge in [0, 0.05) is 36.6 Å². The molecule has 2 fully saturated rings. The molecule has 2 aromatic carbocycles. The molecular weight excluding hydrogens is 471 g/mol. The molecule has 0 bridgehead atoms. The first-order valence-corrected chi connectivity index (χ1v) is 12.6. The summed E-state index contributed by atoms with van der Waals surface area (Å²) in [5, 5.41) is 1.50. The van der Waals surface area contributed by atoms with Crippen molar-refractivity contribution in [2.24, 2.45) is 0 Å². The summed E-state index contributed by atoms with van der Waals surface area (Å²) >= 11 is 0. The fourth-order valence-corrected chi connectivity index (χ4v) is 5.32. The molecule has 0 aliphatic carbocycles. The summed E-state index contributed by atoms with van der Waals surface area (Å²) in [5.41, 5.74) is 3.24. The third-order valence-electron chi connectivity index (χ3n) is 7.11. The molecular formula is C25H28B3N3O6. The predicted octanol–water partition coefficient (Wildman–Crippen LogP) is -1.74. The van der Waals surface area contributed by atoms with Crippen molar-refractivity contribution >= 4 is 47.2 Å². The van der Waals surface area contributed by atoms with Crippen LogP contribution in [0.1, 0.15) is 39.9 Å². The number of nitrogens with one attached hydrogen (secondary N) is 1. The topological polar surface area (TPSA) is 105 Å². The molecule has 4 amide bonds. The molecule has 188 valence electrons. The van der Waals surface area contributed by atoms with Crippen molar-refractivity contribution in [3.05, 3.63) is 64.7 Å². The van der Waals surface area contributed by atoms with Crippen molar-refractivity contribution in [2.75, 3.05) is 6.54 Å². The van der Waals surface area contributed by atoms with Gasteiger partial charge in [0.2, 0.25) is 17.7 Å². The highest BCUT2D eigenvalue weighted by atomic mass is 16.5. The van der Waals surface area contributed by atoms with Crippen molar-refractivity contribution in [1.29, 1.82) is 0 Å². The molecule has 0 saturated carbocycles. The molecule has 3 aliphatic heterocycles. The van der Waals surface area contributed by atoms with Crippen LogP contribution in [-0.4, -0.2) is 81.0 Å². The minimum absolute atomic E-state index is 0.0168. The number of morpholine rings is 1. The van der Waals surface area contributed by atoms with Gasteiger partial charge >= 0.3 is 0 Å². The Morgan fingerprint density at radius 1 is 1.05 bits per heavy atom. The summed E-state index contributed by atoms with van der Waals surface area (Å²) in [6.45, 7) is 1.64. The van der Waals surface area contributed by atoms with Crippen LogP contribution >= 0.6 is 0 Å². The minimum atomic E-state index is -0.823. The van der Waals surface area contributed by atoms with Gasteiger partial charge in [-0.25, -0.2) is 0 Å². The second-order valence-electron chi connectivity index (χ2n) is 10.4. The average Bonchev–Trinajstić information content (AvgIpc) is 3.18. The van der Waals surface area contributed by atoms with Crippen LogP contribution in [0.4, 0.5) is 0 Å². The van der Waals surface area contributed by atoms with Crippen molar-refractivity contribution in [3.63, 3.8) is 0 Å². The third kappa shape index (κ3) is 5.02. The van der Waals surface area contributed by atoms with Gasteiger partial charge in [0.25, 0.3) is 5.91 Å². The highest BCUT2D eigenvalue weighted by Crippen LogP contribution is 2.34. The second kappa shape index (κ2) is 9.74. The van der Waals surface area contributed by atoms with Crippen molar-refractivity contribution < 1.29 is 28.7 Å². The van der Waals surface area contributed by atoms with Gasteiger partial charge in [-0.3, -0.25) is 24.5 Å². The maximum absolute atomic E-state index is 13.0. The lowest BCUT2D eigenvalue weighted by molar-refractivity contribution is -0.153. The number of amides is 4. The van der Waals surface area contributed by atoms with Crippen LogP contribution in [0.2, 0.25) is 0 Å². The number of rotatable bonds is 6. The number of carbonyl (C=O) groups excluding carboxylic acids is 4. The Hall–Kier alpha value is -3.53. The first-order valence-electron chi connectivity index (χ1n) is 12.6. The van der Waals surface area contributed by atoms with Crippen LogP contribution in [0.3, 0.4) is 0 Å². The molecule has 1 N–H and O–H groups in total. The van der Waals surface area contributed by atoms with E-state index < -0.39 is 17.3 Å². The molecule has 2 unspecified atom stereocenters. The van der Waals surface area contributed by atoms with Gasteiger partial charge in [0.15, 0.2) is 0 Å². The van der Waals surface area contributed by atoms with Gasteiger partial charge in [-0.15, -0.1) is 0 Å². The third-order valence-corrected chi connectivity index (χ3v) is 7.11. The van der Waals surface area contributed by atoms with Crippen LogP contribution in [0.15, 0.2) is 42.5 Å². The molecule has 2 atom stereocenters. The van der Waals surface area contributed by atoms with Gasteiger partial charge in [0.05, 0.1) is 11.9 Å². The van der Waals surface area contributed by atoms with Gasteiger partial charge in [0.1, 0.15) is 41.9 Å². The van der Waals surface area contributed by atoms with Gasteiger partial charge in [-0.1, -0.05) is 30.3 Å². The van der Waals surface area contributed by atoms with E-state index in [0.717, 1.165) is 16.7 Å². The predicted molar refractivity (Wildman–Crippen MR) is 142 cm³/mol. The summed E-state index contributed by atoms with van der Waals surface area (Å²) in [6.07, 6.45) is 0.533. The molecule has 2 saturated heterocycles. The molecule has 2 aromatic rings. The Bertz CT molecular complexity index is 1270. The second-order valence-corrected chi connectivity index (χ2v) is 10.4. The number of hydrogen-bond donors (Lipinski definition) is 1. The van der Waals surface area contributed by atoms with E-state index in [0.29, 0.717) is 37.4 Å². The summed E-state index contributed by atoms with van der Waals surface area (Å²) in [7, 11) is 5.58. The number of imide groups is 1. The Kier molecular flexibility index (Phi) is 6.62. The lowest BCUT2D eigenvalue weighted by Gasteiger charge is -2.41. The fraction of sp³-hybridized carbons (Fsp3) is 0.360. The molecule has 12 heteroatoms. The van der Waals surface area contributed by atoms with Crippen LogP contribution in [0, 0.1) is 0 Å². The van der Waals surface area contributed by atoms with E-state index in [-0.39, 0.29) is 36.7 Å². The molecule has 9 nitrogen and oxygen atoms in total. The number of fused-ring (bicyclic) bond motifs is 1. The van der Waals surface area contributed by atoms with Crippen molar-refractivity contribution in [1.82, 2.24) is 15.1 Å². The summed E-state index contributed by atoms with van der Waals surface area (Å²) in [6, 6.07) is 12.6. The van der Waals surface area contributed by atoms with E-state index in [9.17, 15) is 19.2 Å². The van der Waals surface area contributed by atoms with Crippen molar-refractivity contribution in [3.8, 4) is 5.75 Å². The fourth-order valence-electron chi connectivity index (χ4n) is 5.32. The van der Waals surface area contributed by atoms with Crippen LogP contribution in [-0.2, 0) is 38.8 Å². The Balaban J connectivity index is 1.23. The molecule has 0 radical (unpaired) electrons. The van der Waals surface area contributed by atoms with Gasteiger partial charge < -0.3 is 19.3 Å². The van der Waals surface area contributed by atoms with E-state index in [1.165, 1.54) is 4.90 Å². The number of piperidine rings is 1. The van der Waals surface area contributed by atoms with E-state index in [1.807, 2.05) is 43.1 Å². The standard InChI is InChI=1S/C25H28B3N3O6/c26-20-12-30(24(35)25(27,28)37-20)10-14-4-6-15(7-5-14)13-36-19-3-1-2-16-17(19)11-31(23(16)34)18-8-9-21(32)29-22(18)33/h1-7,18,20H,8-13,26-28H2,(H,29,32,33). The zero-order valence-electron chi connectivity index (χ0n) is 21.3. The average molecular weight is 499 g/mol.